The summed E-state index contributed by atoms with van der Waals surface area (Å²) in [6.07, 6.45) is 0. The number of alkyl halides is 2. The van der Waals surface area contributed by atoms with Crippen LogP contribution >= 0.6 is 0 Å². The molecule has 0 aliphatic heterocycles. The van der Waals surface area contributed by atoms with E-state index in [4.69, 9.17) is 5.11 Å². The summed E-state index contributed by atoms with van der Waals surface area (Å²) < 4.78 is 25.6. The molecule has 0 radical (unpaired) electrons. The van der Waals surface area contributed by atoms with Crippen molar-refractivity contribution in [3.8, 4) is 0 Å². The first kappa shape index (κ1) is 14.0. The van der Waals surface area contributed by atoms with Gasteiger partial charge in [-0.05, 0) is 0 Å². The molecule has 9 heteroatoms. The minimum Gasteiger partial charge on any atom is -0.390 e. The van der Waals surface area contributed by atoms with Gasteiger partial charge in [-0.25, -0.2) is 13.8 Å². The Bertz CT molecular complexity index is 442. The number of aromatic nitrogens is 1. The number of nitro groups is 1. The first-order valence-corrected chi connectivity index (χ1v) is 4.95. The van der Waals surface area contributed by atoms with Crippen molar-refractivity contribution >= 4 is 17.3 Å². The van der Waals surface area contributed by atoms with Gasteiger partial charge in [0.05, 0.1) is 23.6 Å². The van der Waals surface area contributed by atoms with Crippen molar-refractivity contribution in [3.63, 3.8) is 0 Å². The number of pyridine rings is 1. The maximum absolute atomic E-state index is 12.8. The number of aliphatic hydroxyl groups excluding tert-OH is 1. The van der Waals surface area contributed by atoms with E-state index in [9.17, 15) is 18.9 Å². The Balaban J connectivity index is 2.88. The van der Waals surface area contributed by atoms with E-state index in [0.29, 0.717) is 0 Å². The quantitative estimate of drug-likeness (QED) is 0.523. The van der Waals surface area contributed by atoms with Crippen LogP contribution in [0.15, 0.2) is 12.1 Å². The molecule has 0 saturated carbocycles. The van der Waals surface area contributed by atoms with Crippen LogP contribution < -0.4 is 10.6 Å². The zero-order chi connectivity index (χ0) is 13.8. The number of nitrogens with one attached hydrogen (secondary N) is 2. The van der Waals surface area contributed by atoms with Crippen LogP contribution in [-0.4, -0.2) is 41.1 Å². The largest absolute Gasteiger partial charge is 0.390 e. The van der Waals surface area contributed by atoms with E-state index < -0.39 is 24.0 Å². The second-order valence-electron chi connectivity index (χ2n) is 3.47. The molecule has 0 saturated heterocycles. The third-order valence-corrected chi connectivity index (χ3v) is 2.04. The van der Waals surface area contributed by atoms with E-state index >= 15 is 0 Å². The number of rotatable bonds is 6. The third kappa shape index (κ3) is 3.77. The van der Waals surface area contributed by atoms with Gasteiger partial charge in [0.2, 0.25) is 0 Å². The Morgan fingerprint density at radius 2 is 2.11 bits per heavy atom. The van der Waals surface area contributed by atoms with Crippen LogP contribution in [0, 0.1) is 10.1 Å². The maximum atomic E-state index is 12.8. The molecular weight excluding hydrogens is 250 g/mol. The lowest BCUT2D eigenvalue weighted by Gasteiger charge is -2.14. The standard InChI is InChI=1S/C9H12F2N4O3/c1-12-7-2-6(15(17)18)3-8(14-7)13-4-9(10,11)5-16/h2-3,16H,4-5H2,1H3,(H2,12,13,14). The SMILES string of the molecule is CNc1cc([N+](=O)[O-])cc(NCC(F)(F)CO)n1. The second kappa shape index (κ2) is 5.54. The predicted molar refractivity (Wildman–Crippen MR) is 61.0 cm³/mol. The molecule has 0 unspecified atom stereocenters. The maximum Gasteiger partial charge on any atom is 0.287 e. The van der Waals surface area contributed by atoms with Crippen LogP contribution in [0.2, 0.25) is 0 Å². The molecule has 1 rings (SSSR count). The molecule has 7 nitrogen and oxygen atoms in total. The minimum absolute atomic E-state index is 0.0679. The van der Waals surface area contributed by atoms with Gasteiger partial charge in [-0.2, -0.15) is 0 Å². The zero-order valence-electron chi connectivity index (χ0n) is 9.48. The summed E-state index contributed by atoms with van der Waals surface area (Å²) in [6, 6.07) is 2.21. The summed E-state index contributed by atoms with van der Waals surface area (Å²) >= 11 is 0. The zero-order valence-corrected chi connectivity index (χ0v) is 9.48. The van der Waals surface area contributed by atoms with E-state index in [1.54, 1.807) is 0 Å². The van der Waals surface area contributed by atoms with Crippen molar-refractivity contribution < 1.29 is 18.8 Å². The van der Waals surface area contributed by atoms with Crippen LogP contribution in [0.4, 0.5) is 26.1 Å². The summed E-state index contributed by atoms with van der Waals surface area (Å²) in [5, 5.41) is 23.8. The van der Waals surface area contributed by atoms with Gasteiger partial charge in [-0.1, -0.05) is 0 Å². The number of aliphatic hydroxyl groups is 1. The summed E-state index contributed by atoms with van der Waals surface area (Å²) in [5.41, 5.74) is -0.274. The van der Waals surface area contributed by atoms with E-state index in [1.807, 2.05) is 0 Å². The van der Waals surface area contributed by atoms with Crippen LogP contribution in [-0.2, 0) is 0 Å². The van der Waals surface area contributed by atoms with Crippen molar-refractivity contribution in [3.05, 3.63) is 22.2 Å². The molecule has 1 aromatic rings. The summed E-state index contributed by atoms with van der Waals surface area (Å²) in [6.45, 7) is -2.17. The predicted octanol–water partition coefficient (Wildman–Crippen LogP) is 1.07. The van der Waals surface area contributed by atoms with Crippen LogP contribution in [0.1, 0.15) is 0 Å². The molecule has 100 valence electrons. The molecule has 0 fully saturated rings. The Morgan fingerprint density at radius 3 is 2.61 bits per heavy atom. The fourth-order valence-corrected chi connectivity index (χ4v) is 1.12. The highest BCUT2D eigenvalue weighted by molar-refractivity contribution is 5.54. The molecule has 18 heavy (non-hydrogen) atoms. The van der Waals surface area contributed by atoms with Crippen molar-refractivity contribution in [2.24, 2.45) is 0 Å². The topological polar surface area (TPSA) is 100 Å². The Morgan fingerprint density at radius 1 is 1.50 bits per heavy atom. The molecule has 1 aromatic heterocycles. The Kier molecular flexibility index (Phi) is 4.32. The number of hydrogen-bond acceptors (Lipinski definition) is 6. The number of hydrogen-bond donors (Lipinski definition) is 3. The van der Waals surface area contributed by atoms with Gasteiger partial charge in [0.15, 0.2) is 0 Å². The van der Waals surface area contributed by atoms with E-state index in [1.165, 1.54) is 13.1 Å². The normalized spacial score (nSPS) is 11.1. The fourth-order valence-electron chi connectivity index (χ4n) is 1.12. The van der Waals surface area contributed by atoms with Crippen molar-refractivity contribution in [1.29, 1.82) is 0 Å². The molecule has 0 bridgehead atoms. The molecule has 0 amide bonds. The first-order valence-electron chi connectivity index (χ1n) is 4.95. The smallest absolute Gasteiger partial charge is 0.287 e. The van der Waals surface area contributed by atoms with Gasteiger partial charge in [0.1, 0.15) is 18.2 Å². The van der Waals surface area contributed by atoms with Crippen molar-refractivity contribution in [1.82, 2.24) is 4.98 Å². The van der Waals surface area contributed by atoms with Gasteiger partial charge < -0.3 is 15.7 Å². The second-order valence-corrected chi connectivity index (χ2v) is 3.47. The van der Waals surface area contributed by atoms with E-state index in [-0.39, 0.29) is 17.3 Å². The summed E-state index contributed by atoms with van der Waals surface area (Å²) in [7, 11) is 1.50. The third-order valence-electron chi connectivity index (χ3n) is 2.04. The van der Waals surface area contributed by atoms with Crippen LogP contribution in [0.25, 0.3) is 0 Å². The molecule has 0 spiro atoms. The molecular formula is C9H12F2N4O3. The van der Waals surface area contributed by atoms with Gasteiger partial charge in [0.25, 0.3) is 11.6 Å². The summed E-state index contributed by atoms with van der Waals surface area (Å²) in [4.78, 5) is 13.8. The number of halogens is 2. The lowest BCUT2D eigenvalue weighted by Crippen LogP contribution is -2.31. The average Bonchev–Trinajstić information content (AvgIpc) is 2.36. The molecule has 0 aliphatic carbocycles. The van der Waals surface area contributed by atoms with Gasteiger partial charge in [-0.15, -0.1) is 0 Å². The average molecular weight is 262 g/mol. The molecule has 0 aromatic carbocycles. The highest BCUT2D eigenvalue weighted by atomic mass is 19.3. The van der Waals surface area contributed by atoms with Crippen molar-refractivity contribution in [2.75, 3.05) is 30.8 Å². The van der Waals surface area contributed by atoms with E-state index in [0.717, 1.165) is 6.07 Å². The van der Waals surface area contributed by atoms with Crippen LogP contribution in [0.5, 0.6) is 0 Å². The Hall–Kier alpha value is -2.03. The first-order chi connectivity index (χ1) is 8.38. The monoisotopic (exact) mass is 262 g/mol. The molecule has 0 aliphatic rings. The molecule has 0 atom stereocenters. The Labute approximate surface area is 101 Å². The summed E-state index contributed by atoms with van der Waals surface area (Å²) in [5.74, 6) is -3.20. The highest BCUT2D eigenvalue weighted by Crippen LogP contribution is 2.21. The van der Waals surface area contributed by atoms with Gasteiger partial charge in [-0.3, -0.25) is 10.1 Å². The lowest BCUT2D eigenvalue weighted by molar-refractivity contribution is -0.384. The molecule has 1 heterocycles. The van der Waals surface area contributed by atoms with E-state index in [2.05, 4.69) is 15.6 Å². The van der Waals surface area contributed by atoms with Crippen LogP contribution in [0.3, 0.4) is 0 Å². The minimum atomic E-state index is -3.31. The van der Waals surface area contributed by atoms with Crippen molar-refractivity contribution in [2.45, 2.75) is 5.92 Å². The fraction of sp³-hybridized carbons (Fsp3) is 0.444. The molecule has 3 N–H and O–H groups in total. The van der Waals surface area contributed by atoms with Gasteiger partial charge in [0, 0.05) is 7.05 Å². The lowest BCUT2D eigenvalue weighted by atomic mass is 10.3. The van der Waals surface area contributed by atoms with Gasteiger partial charge >= 0.3 is 0 Å². The number of nitrogens with zero attached hydrogens (tertiary/aromatic N) is 2. The highest BCUT2D eigenvalue weighted by Gasteiger charge is 2.27. The number of anilines is 2.